The Balaban J connectivity index is 1.87. The van der Waals surface area contributed by atoms with Crippen LogP contribution < -0.4 is 0 Å². The van der Waals surface area contributed by atoms with Gasteiger partial charge >= 0.3 is 0 Å². The van der Waals surface area contributed by atoms with Crippen molar-refractivity contribution in [2.45, 2.75) is 18.7 Å². The summed E-state index contributed by atoms with van der Waals surface area (Å²) in [7, 11) is -3.51. The molecule has 1 aliphatic rings. The van der Waals surface area contributed by atoms with E-state index in [9.17, 15) is 8.42 Å². The molecule has 0 unspecified atom stereocenters. The highest BCUT2D eigenvalue weighted by atomic mass is 32.2. The summed E-state index contributed by atoms with van der Waals surface area (Å²) in [4.78, 5) is 1.48. The highest BCUT2D eigenvalue weighted by molar-refractivity contribution is 7.89. The molecule has 0 atom stereocenters. The lowest BCUT2D eigenvalue weighted by Gasteiger charge is -2.17. The smallest absolute Gasteiger partial charge is 0.207 e. The second kappa shape index (κ2) is 7.12. The molecular formula is C20H21NO2S2. The van der Waals surface area contributed by atoms with E-state index in [4.69, 9.17) is 0 Å². The molecule has 5 heteroatoms. The molecule has 1 aliphatic heterocycles. The predicted octanol–water partition coefficient (Wildman–Crippen LogP) is 4.65. The van der Waals surface area contributed by atoms with E-state index < -0.39 is 10.0 Å². The molecular weight excluding hydrogens is 350 g/mol. The Morgan fingerprint density at radius 1 is 1.16 bits per heavy atom. The first kappa shape index (κ1) is 17.9. The topological polar surface area (TPSA) is 37.4 Å². The molecule has 3 rings (SSSR count). The Kier molecular flexibility index (Phi) is 5.08. The highest BCUT2D eigenvalue weighted by Crippen LogP contribution is 2.29. The molecule has 0 bridgehead atoms. The van der Waals surface area contributed by atoms with Crippen LogP contribution in [0.3, 0.4) is 0 Å². The average molecular weight is 372 g/mol. The molecule has 3 nitrogen and oxygen atoms in total. The predicted molar refractivity (Wildman–Crippen MR) is 105 cm³/mol. The van der Waals surface area contributed by atoms with Crippen molar-refractivity contribution in [3.8, 4) is 0 Å². The molecule has 0 saturated heterocycles. The van der Waals surface area contributed by atoms with E-state index in [-0.39, 0.29) is 0 Å². The third kappa shape index (κ3) is 3.84. The van der Waals surface area contributed by atoms with E-state index in [0.717, 1.165) is 27.2 Å². The van der Waals surface area contributed by atoms with Gasteiger partial charge in [0, 0.05) is 18.0 Å². The third-order valence-corrected chi connectivity index (χ3v) is 6.88. The summed E-state index contributed by atoms with van der Waals surface area (Å²) in [6, 6.07) is 11.0. The molecule has 0 saturated carbocycles. The van der Waals surface area contributed by atoms with Crippen molar-refractivity contribution in [3.63, 3.8) is 0 Å². The fourth-order valence-electron chi connectivity index (χ4n) is 2.78. The minimum absolute atomic E-state index is 0.336. The van der Waals surface area contributed by atoms with Crippen LogP contribution in [0.1, 0.15) is 17.4 Å². The zero-order chi connectivity index (χ0) is 18.0. The lowest BCUT2D eigenvalue weighted by molar-refractivity contribution is 0.483. The van der Waals surface area contributed by atoms with Gasteiger partial charge in [-0.05, 0) is 54.6 Å². The summed E-state index contributed by atoms with van der Waals surface area (Å²) in [5.74, 6) is 0. The van der Waals surface area contributed by atoms with Gasteiger partial charge < -0.3 is 0 Å². The summed E-state index contributed by atoms with van der Waals surface area (Å²) in [5, 5.41) is 2.02. The van der Waals surface area contributed by atoms with E-state index in [1.165, 1.54) is 4.31 Å². The largest absolute Gasteiger partial charge is 0.243 e. The van der Waals surface area contributed by atoms with Gasteiger partial charge in [0.1, 0.15) is 0 Å². The monoisotopic (exact) mass is 371 g/mol. The summed E-state index contributed by atoms with van der Waals surface area (Å²) in [6.07, 6.45) is 4.05. The Labute approximate surface area is 153 Å². The highest BCUT2D eigenvalue weighted by Gasteiger charge is 2.31. The Bertz CT molecular complexity index is 934. The lowest BCUT2D eigenvalue weighted by Crippen LogP contribution is -2.29. The van der Waals surface area contributed by atoms with Crippen molar-refractivity contribution in [2.24, 2.45) is 0 Å². The van der Waals surface area contributed by atoms with Gasteiger partial charge in [-0.3, -0.25) is 0 Å². The molecule has 0 amide bonds. The second-order valence-corrected chi connectivity index (χ2v) is 9.14. The normalized spacial score (nSPS) is 16.1. The molecule has 0 fully saturated rings. The van der Waals surface area contributed by atoms with Gasteiger partial charge in [0.2, 0.25) is 10.0 Å². The Morgan fingerprint density at radius 3 is 2.48 bits per heavy atom. The van der Waals surface area contributed by atoms with E-state index in [1.54, 1.807) is 23.5 Å². The molecule has 25 heavy (non-hydrogen) atoms. The molecule has 1 aromatic carbocycles. The van der Waals surface area contributed by atoms with Gasteiger partial charge in [-0.25, -0.2) is 8.42 Å². The summed E-state index contributed by atoms with van der Waals surface area (Å²) in [6.45, 7) is 8.64. The van der Waals surface area contributed by atoms with Gasteiger partial charge in [0.15, 0.2) is 0 Å². The zero-order valence-corrected chi connectivity index (χ0v) is 16.0. The van der Waals surface area contributed by atoms with Gasteiger partial charge in [-0.15, -0.1) is 11.3 Å². The van der Waals surface area contributed by atoms with Crippen LogP contribution in [0.4, 0.5) is 0 Å². The standard InChI is InChI=1S/C20H21NO2S2/c1-15(2)20-14-21(13-17(20)8-9-18-5-4-12-24-18)25(22,23)19-10-6-16(3)7-11-19/h4-12H,1,13-14H2,2-3H3/b9-8+. The average Bonchev–Trinajstić information content (AvgIpc) is 3.23. The molecule has 0 N–H and O–H groups in total. The molecule has 0 radical (unpaired) electrons. The maximum absolute atomic E-state index is 12.9. The molecule has 130 valence electrons. The number of sulfonamides is 1. The summed E-state index contributed by atoms with van der Waals surface area (Å²) >= 11 is 1.66. The van der Waals surface area contributed by atoms with Crippen molar-refractivity contribution in [3.05, 3.63) is 81.6 Å². The number of hydrogen-bond donors (Lipinski definition) is 0. The maximum Gasteiger partial charge on any atom is 0.243 e. The number of hydrogen-bond acceptors (Lipinski definition) is 3. The van der Waals surface area contributed by atoms with Crippen LogP contribution in [-0.4, -0.2) is 25.8 Å². The van der Waals surface area contributed by atoms with Crippen molar-refractivity contribution in [1.82, 2.24) is 4.31 Å². The fraction of sp³-hybridized carbons (Fsp3) is 0.200. The Hall–Kier alpha value is -1.95. The van der Waals surface area contributed by atoms with Crippen LogP contribution >= 0.6 is 11.3 Å². The number of rotatable bonds is 5. The summed E-state index contributed by atoms with van der Waals surface area (Å²) < 4.78 is 27.4. The SMILES string of the molecule is C=C(C)C1=C(/C=C/c2cccs2)CN(S(=O)(=O)c2ccc(C)cc2)C1. The van der Waals surface area contributed by atoms with Crippen LogP contribution in [0.5, 0.6) is 0 Å². The van der Waals surface area contributed by atoms with Gasteiger partial charge in [0.05, 0.1) is 4.90 Å². The minimum atomic E-state index is -3.51. The fourth-order valence-corrected chi connectivity index (χ4v) is 4.78. The van der Waals surface area contributed by atoms with Crippen molar-refractivity contribution in [2.75, 3.05) is 13.1 Å². The van der Waals surface area contributed by atoms with Crippen LogP contribution in [0.15, 0.2) is 76.0 Å². The number of aryl methyl sites for hydroxylation is 1. The number of benzene rings is 1. The molecule has 0 spiro atoms. The van der Waals surface area contributed by atoms with Crippen molar-refractivity contribution < 1.29 is 8.42 Å². The minimum Gasteiger partial charge on any atom is -0.207 e. The maximum atomic E-state index is 12.9. The van der Waals surface area contributed by atoms with Gasteiger partial charge in [-0.1, -0.05) is 42.0 Å². The summed E-state index contributed by atoms with van der Waals surface area (Å²) in [5.41, 5.74) is 3.97. The quantitative estimate of drug-likeness (QED) is 0.767. The van der Waals surface area contributed by atoms with Crippen molar-refractivity contribution in [1.29, 1.82) is 0 Å². The first-order valence-electron chi connectivity index (χ1n) is 8.04. The van der Waals surface area contributed by atoms with Crippen LogP contribution in [0.2, 0.25) is 0 Å². The molecule has 2 aromatic rings. The van der Waals surface area contributed by atoms with Crippen LogP contribution in [-0.2, 0) is 10.0 Å². The first-order valence-corrected chi connectivity index (χ1v) is 10.4. The third-order valence-electron chi connectivity index (χ3n) is 4.23. The van der Waals surface area contributed by atoms with Gasteiger partial charge in [-0.2, -0.15) is 4.31 Å². The van der Waals surface area contributed by atoms with E-state index in [0.29, 0.717) is 18.0 Å². The van der Waals surface area contributed by atoms with E-state index in [2.05, 4.69) is 6.58 Å². The van der Waals surface area contributed by atoms with E-state index in [1.807, 2.05) is 55.6 Å². The molecule has 1 aromatic heterocycles. The van der Waals surface area contributed by atoms with Gasteiger partial charge in [0.25, 0.3) is 0 Å². The second-order valence-electron chi connectivity index (χ2n) is 6.22. The number of nitrogens with zero attached hydrogens (tertiary/aromatic N) is 1. The van der Waals surface area contributed by atoms with E-state index >= 15 is 0 Å². The first-order chi connectivity index (χ1) is 11.9. The Morgan fingerprint density at radius 2 is 1.88 bits per heavy atom. The van der Waals surface area contributed by atoms with Crippen LogP contribution in [0, 0.1) is 6.92 Å². The molecule has 0 aliphatic carbocycles. The lowest BCUT2D eigenvalue weighted by atomic mass is 10.1. The number of thiophene rings is 1. The van der Waals surface area contributed by atoms with Crippen LogP contribution in [0.25, 0.3) is 6.08 Å². The molecule has 2 heterocycles. The van der Waals surface area contributed by atoms with Crippen molar-refractivity contribution >= 4 is 27.4 Å². The zero-order valence-electron chi connectivity index (χ0n) is 14.4.